The zero-order valence-electron chi connectivity index (χ0n) is 7.12. The fraction of sp³-hybridized carbons (Fsp3) is 0.143. The Bertz CT molecular complexity index is 458. The number of ether oxygens (including phenoxy) is 1. The van der Waals surface area contributed by atoms with Crippen molar-refractivity contribution in [3.8, 4) is 5.75 Å². The van der Waals surface area contributed by atoms with E-state index in [1.807, 2.05) is 0 Å². The Hall–Kier alpha value is -1.21. The van der Waals surface area contributed by atoms with Crippen molar-refractivity contribution in [1.29, 1.82) is 0 Å². The molecular weight excluding hydrogens is 216 g/mol. The lowest BCUT2D eigenvalue weighted by Gasteiger charge is -2.07. The molecule has 0 saturated heterocycles. The van der Waals surface area contributed by atoms with E-state index < -0.39 is 32.3 Å². The molecule has 14 heavy (non-hydrogen) atoms. The second-order valence-corrected chi connectivity index (χ2v) is 3.93. The van der Waals surface area contributed by atoms with Crippen molar-refractivity contribution in [2.75, 3.05) is 7.11 Å². The standard InChI is InChI=1S/C7H7F2NO3S/c1-13-6-4(8)2-3-5(9)7(6)14(10,11)12/h2-3H,1H3,(H2,10,11,12). The lowest BCUT2D eigenvalue weighted by atomic mass is 10.3. The molecule has 0 heterocycles. The van der Waals surface area contributed by atoms with E-state index in [0.29, 0.717) is 6.07 Å². The minimum Gasteiger partial charge on any atom is -0.492 e. The van der Waals surface area contributed by atoms with E-state index in [9.17, 15) is 17.2 Å². The minimum absolute atomic E-state index is 0.664. The van der Waals surface area contributed by atoms with Gasteiger partial charge in [-0.3, -0.25) is 0 Å². The number of methoxy groups -OCH3 is 1. The summed E-state index contributed by atoms with van der Waals surface area (Å²) in [6.07, 6.45) is 0. The molecule has 0 aromatic heterocycles. The summed E-state index contributed by atoms with van der Waals surface area (Å²) >= 11 is 0. The van der Waals surface area contributed by atoms with Gasteiger partial charge in [-0.15, -0.1) is 0 Å². The lowest BCUT2D eigenvalue weighted by molar-refractivity contribution is 0.366. The highest BCUT2D eigenvalue weighted by atomic mass is 32.2. The van der Waals surface area contributed by atoms with Gasteiger partial charge in [-0.2, -0.15) is 0 Å². The molecule has 7 heteroatoms. The summed E-state index contributed by atoms with van der Waals surface area (Å²) in [5.74, 6) is -2.85. The number of sulfonamides is 1. The fourth-order valence-electron chi connectivity index (χ4n) is 0.970. The lowest BCUT2D eigenvalue weighted by Crippen LogP contribution is -2.16. The molecule has 1 aromatic rings. The SMILES string of the molecule is COc1c(F)ccc(F)c1S(N)(=O)=O. The first kappa shape index (κ1) is 10.9. The maximum absolute atomic E-state index is 13.0. The van der Waals surface area contributed by atoms with Crippen molar-refractivity contribution in [3.63, 3.8) is 0 Å². The topological polar surface area (TPSA) is 69.4 Å². The molecule has 1 aromatic carbocycles. The molecular formula is C7H7F2NO3S. The second-order valence-electron chi connectivity index (χ2n) is 2.44. The molecule has 0 saturated carbocycles. The Morgan fingerprint density at radius 1 is 1.29 bits per heavy atom. The number of benzene rings is 1. The molecule has 0 amide bonds. The predicted molar refractivity (Wildman–Crippen MR) is 44.3 cm³/mol. The second kappa shape index (κ2) is 3.50. The van der Waals surface area contributed by atoms with Crippen molar-refractivity contribution in [1.82, 2.24) is 0 Å². The summed E-state index contributed by atoms with van der Waals surface area (Å²) in [6, 6.07) is 1.42. The summed E-state index contributed by atoms with van der Waals surface area (Å²) in [5.41, 5.74) is 0. The molecule has 0 bridgehead atoms. The third kappa shape index (κ3) is 1.83. The molecule has 0 spiro atoms. The van der Waals surface area contributed by atoms with E-state index in [-0.39, 0.29) is 0 Å². The van der Waals surface area contributed by atoms with E-state index in [2.05, 4.69) is 9.88 Å². The van der Waals surface area contributed by atoms with Gasteiger partial charge < -0.3 is 4.74 Å². The Labute approximate surface area is 79.3 Å². The van der Waals surface area contributed by atoms with Crippen LogP contribution in [-0.4, -0.2) is 15.5 Å². The highest BCUT2D eigenvalue weighted by molar-refractivity contribution is 7.89. The zero-order chi connectivity index (χ0) is 10.9. The Morgan fingerprint density at radius 3 is 2.14 bits per heavy atom. The van der Waals surface area contributed by atoms with Crippen molar-refractivity contribution in [2.24, 2.45) is 5.14 Å². The smallest absolute Gasteiger partial charge is 0.244 e. The molecule has 0 fully saturated rings. The van der Waals surface area contributed by atoms with Gasteiger partial charge in [-0.05, 0) is 12.1 Å². The molecule has 0 radical (unpaired) electrons. The normalized spacial score (nSPS) is 11.4. The van der Waals surface area contributed by atoms with Crippen LogP contribution in [0.1, 0.15) is 0 Å². The van der Waals surface area contributed by atoms with Gasteiger partial charge in [0.2, 0.25) is 10.0 Å². The number of nitrogens with two attached hydrogens (primary N) is 1. The zero-order valence-corrected chi connectivity index (χ0v) is 7.94. The van der Waals surface area contributed by atoms with Gasteiger partial charge in [0.05, 0.1) is 7.11 Å². The molecule has 0 aliphatic rings. The molecule has 1 rings (SSSR count). The number of hydrogen-bond acceptors (Lipinski definition) is 3. The maximum atomic E-state index is 13.0. The average molecular weight is 223 g/mol. The molecule has 2 N–H and O–H groups in total. The van der Waals surface area contributed by atoms with E-state index in [1.54, 1.807) is 0 Å². The van der Waals surface area contributed by atoms with Crippen molar-refractivity contribution in [2.45, 2.75) is 4.90 Å². The highest BCUT2D eigenvalue weighted by Gasteiger charge is 2.23. The maximum Gasteiger partial charge on any atom is 0.244 e. The first-order valence-electron chi connectivity index (χ1n) is 3.42. The molecule has 4 nitrogen and oxygen atoms in total. The first-order chi connectivity index (χ1) is 6.38. The van der Waals surface area contributed by atoms with Crippen LogP contribution in [0.5, 0.6) is 5.75 Å². The van der Waals surface area contributed by atoms with E-state index in [4.69, 9.17) is 0 Å². The summed E-state index contributed by atoms with van der Waals surface area (Å²) in [6.45, 7) is 0. The predicted octanol–water partition coefficient (Wildman–Crippen LogP) is 0.621. The summed E-state index contributed by atoms with van der Waals surface area (Å²) < 4.78 is 52.1. The Morgan fingerprint density at radius 2 is 1.79 bits per heavy atom. The quantitative estimate of drug-likeness (QED) is 0.799. The summed E-state index contributed by atoms with van der Waals surface area (Å²) in [4.78, 5) is -0.972. The van der Waals surface area contributed by atoms with Crippen LogP contribution in [0.4, 0.5) is 8.78 Å². The van der Waals surface area contributed by atoms with Crippen LogP contribution in [0.25, 0.3) is 0 Å². The van der Waals surface area contributed by atoms with Crippen LogP contribution in [0.3, 0.4) is 0 Å². The Balaban J connectivity index is 3.63. The number of primary sulfonamides is 1. The molecule has 78 valence electrons. The van der Waals surface area contributed by atoms with Crippen LogP contribution in [0, 0.1) is 11.6 Å². The van der Waals surface area contributed by atoms with Crippen molar-refractivity contribution >= 4 is 10.0 Å². The third-order valence-corrected chi connectivity index (χ3v) is 2.45. The number of halogens is 2. The summed E-state index contributed by atoms with van der Waals surface area (Å²) in [7, 11) is -3.32. The van der Waals surface area contributed by atoms with Crippen LogP contribution < -0.4 is 9.88 Å². The van der Waals surface area contributed by atoms with Crippen molar-refractivity contribution in [3.05, 3.63) is 23.8 Å². The molecule has 0 aliphatic heterocycles. The van der Waals surface area contributed by atoms with Gasteiger partial charge >= 0.3 is 0 Å². The van der Waals surface area contributed by atoms with E-state index >= 15 is 0 Å². The van der Waals surface area contributed by atoms with Gasteiger partial charge in [-0.1, -0.05) is 0 Å². The van der Waals surface area contributed by atoms with Crippen LogP contribution in [0.15, 0.2) is 17.0 Å². The fourth-order valence-corrected chi connectivity index (χ4v) is 1.75. The third-order valence-electron chi connectivity index (χ3n) is 1.50. The molecule has 0 unspecified atom stereocenters. The van der Waals surface area contributed by atoms with Gasteiger partial charge in [0, 0.05) is 0 Å². The van der Waals surface area contributed by atoms with E-state index in [0.717, 1.165) is 13.2 Å². The van der Waals surface area contributed by atoms with E-state index in [1.165, 1.54) is 0 Å². The van der Waals surface area contributed by atoms with Crippen LogP contribution in [0.2, 0.25) is 0 Å². The number of rotatable bonds is 2. The monoisotopic (exact) mass is 223 g/mol. The average Bonchev–Trinajstić information content (AvgIpc) is 2.06. The van der Waals surface area contributed by atoms with Gasteiger partial charge in [-0.25, -0.2) is 22.3 Å². The largest absolute Gasteiger partial charge is 0.492 e. The molecule has 0 atom stereocenters. The van der Waals surface area contributed by atoms with Crippen LogP contribution in [-0.2, 0) is 10.0 Å². The first-order valence-corrected chi connectivity index (χ1v) is 4.97. The highest BCUT2D eigenvalue weighted by Crippen LogP contribution is 2.28. The van der Waals surface area contributed by atoms with Crippen molar-refractivity contribution < 1.29 is 21.9 Å². The summed E-state index contributed by atoms with van der Waals surface area (Å²) in [5, 5.41) is 4.69. The molecule has 0 aliphatic carbocycles. The van der Waals surface area contributed by atoms with Gasteiger partial charge in [0.1, 0.15) is 5.82 Å². The van der Waals surface area contributed by atoms with Gasteiger partial charge in [0.25, 0.3) is 0 Å². The minimum atomic E-state index is -4.34. The number of hydrogen-bond donors (Lipinski definition) is 1. The Kier molecular flexibility index (Phi) is 2.72. The van der Waals surface area contributed by atoms with Crippen LogP contribution >= 0.6 is 0 Å². The van der Waals surface area contributed by atoms with Gasteiger partial charge in [0.15, 0.2) is 16.5 Å².